The average Bonchev–Trinajstić information content (AvgIpc) is 2.74. The number of allylic oxidation sites excluding steroid dienone is 1. The Morgan fingerprint density at radius 2 is 1.56 bits per heavy atom. The first-order chi connectivity index (χ1) is 15.1. The normalized spacial score (nSPS) is 9.47. The van der Waals surface area contributed by atoms with Gasteiger partial charge in [0.05, 0.1) is 7.11 Å². The Labute approximate surface area is 208 Å². The lowest BCUT2D eigenvalue weighted by Crippen LogP contribution is -1.93. The third-order valence-electron chi connectivity index (χ3n) is 4.29. The van der Waals surface area contributed by atoms with Crippen molar-refractivity contribution in [3.8, 4) is 5.75 Å². The van der Waals surface area contributed by atoms with Crippen molar-refractivity contribution in [2.24, 2.45) is 0 Å². The lowest BCUT2D eigenvalue weighted by atomic mass is 10.0. The molecule has 0 saturated heterocycles. The van der Waals surface area contributed by atoms with E-state index in [-0.39, 0.29) is 0 Å². The molecule has 0 spiro atoms. The van der Waals surface area contributed by atoms with E-state index in [4.69, 9.17) is 4.74 Å². The van der Waals surface area contributed by atoms with Gasteiger partial charge in [0.25, 0.3) is 0 Å². The van der Waals surface area contributed by atoms with E-state index in [0.29, 0.717) is 5.92 Å². The monoisotopic (exact) mass is 505 g/mol. The summed E-state index contributed by atoms with van der Waals surface area (Å²) >= 11 is 3.41. The molecule has 0 aliphatic carbocycles. The van der Waals surface area contributed by atoms with Gasteiger partial charge in [-0.25, -0.2) is 0 Å². The summed E-state index contributed by atoms with van der Waals surface area (Å²) in [5.41, 5.74) is 4.86. The summed E-state index contributed by atoms with van der Waals surface area (Å²) in [6, 6.07) is 10.3. The fraction of sp³-hybridized carbons (Fsp3) is 0.552. The molecule has 32 heavy (non-hydrogen) atoms. The molecule has 0 bridgehead atoms. The number of benzene rings is 1. The smallest absolute Gasteiger partial charge is 0.123 e. The number of aryl methyl sites for hydroxylation is 2. The number of hydrogen-bond acceptors (Lipinski definition) is 2. The molecule has 0 saturated carbocycles. The summed E-state index contributed by atoms with van der Waals surface area (Å²) in [5, 5.41) is 0. The van der Waals surface area contributed by atoms with Crippen LogP contribution in [0.2, 0.25) is 0 Å². The van der Waals surface area contributed by atoms with Crippen molar-refractivity contribution in [1.82, 2.24) is 4.98 Å². The summed E-state index contributed by atoms with van der Waals surface area (Å²) < 4.78 is 6.32. The van der Waals surface area contributed by atoms with Crippen molar-refractivity contribution in [3.63, 3.8) is 0 Å². The largest absolute Gasteiger partial charge is 0.496 e. The van der Waals surface area contributed by atoms with Crippen molar-refractivity contribution in [3.05, 3.63) is 70.0 Å². The maximum atomic E-state index is 5.26. The number of rotatable bonds is 7. The van der Waals surface area contributed by atoms with Crippen LogP contribution in [0.5, 0.6) is 5.75 Å². The highest BCUT2D eigenvalue weighted by Gasteiger charge is 2.06. The number of unbranched alkanes of at least 4 members (excludes halogenated alkanes) is 3. The fourth-order valence-corrected chi connectivity index (χ4v) is 2.94. The quantitative estimate of drug-likeness (QED) is 0.275. The molecular weight excluding hydrogens is 458 g/mol. The van der Waals surface area contributed by atoms with Gasteiger partial charge >= 0.3 is 0 Å². The van der Waals surface area contributed by atoms with Crippen LogP contribution in [0.25, 0.3) is 0 Å². The van der Waals surface area contributed by atoms with Crippen LogP contribution in [0, 0.1) is 6.92 Å². The second-order valence-corrected chi connectivity index (χ2v) is 9.43. The number of halogens is 1. The average molecular weight is 507 g/mol. The van der Waals surface area contributed by atoms with Crippen LogP contribution in [-0.4, -0.2) is 12.1 Å². The summed E-state index contributed by atoms with van der Waals surface area (Å²) in [6.07, 6.45) is 9.84. The predicted octanol–water partition coefficient (Wildman–Crippen LogP) is 10.1. The zero-order valence-corrected chi connectivity index (χ0v) is 23.8. The predicted molar refractivity (Wildman–Crippen MR) is 148 cm³/mol. The summed E-state index contributed by atoms with van der Waals surface area (Å²) in [6.45, 7) is 20.5. The van der Waals surface area contributed by atoms with Crippen molar-refractivity contribution in [1.29, 1.82) is 0 Å². The Kier molecular flexibility index (Phi) is 21.6. The van der Waals surface area contributed by atoms with Gasteiger partial charge in [-0.15, -0.1) is 6.58 Å². The Bertz CT molecular complexity index is 700. The van der Waals surface area contributed by atoms with Crippen LogP contribution in [0.15, 0.2) is 53.2 Å². The SMILES string of the molecule is C=C(C)C.CCCCCC.CCCc1ccc(C)nc1.COc1cc(Br)ccc1C(C)C. The molecule has 0 aliphatic heterocycles. The van der Waals surface area contributed by atoms with Gasteiger partial charge in [-0.05, 0) is 62.4 Å². The Hall–Kier alpha value is -1.61. The topological polar surface area (TPSA) is 22.1 Å². The summed E-state index contributed by atoms with van der Waals surface area (Å²) in [5.74, 6) is 1.47. The molecule has 2 rings (SSSR count). The van der Waals surface area contributed by atoms with Crippen molar-refractivity contribution >= 4 is 15.9 Å². The first-order valence-electron chi connectivity index (χ1n) is 12.0. The number of aromatic nitrogens is 1. The molecule has 2 aromatic rings. The number of ether oxygens (including phenoxy) is 1. The standard InChI is InChI=1S/C10H13BrO.C9H13N.C6H14.C4H8/c1-7(2)9-5-4-8(11)6-10(9)12-3;1-3-4-9-6-5-8(2)10-7-9;1-3-5-6-4-2;1-4(2)3/h4-7H,1-3H3;5-7H,3-4H2,1-2H3;3-6H2,1-2H3;1H2,2-3H3. The van der Waals surface area contributed by atoms with E-state index >= 15 is 0 Å². The zero-order chi connectivity index (χ0) is 24.9. The molecule has 2 nitrogen and oxygen atoms in total. The highest BCUT2D eigenvalue weighted by atomic mass is 79.9. The fourth-order valence-electron chi connectivity index (χ4n) is 2.60. The van der Waals surface area contributed by atoms with E-state index in [2.05, 4.69) is 80.3 Å². The van der Waals surface area contributed by atoms with Crippen molar-refractivity contribution < 1.29 is 4.74 Å². The number of methoxy groups -OCH3 is 1. The Morgan fingerprint density at radius 3 is 1.94 bits per heavy atom. The number of hydrogen-bond donors (Lipinski definition) is 0. The molecule has 0 aliphatic rings. The van der Waals surface area contributed by atoms with E-state index in [0.717, 1.165) is 22.3 Å². The molecule has 3 heteroatoms. The molecule has 0 amide bonds. The van der Waals surface area contributed by atoms with Gasteiger partial charge in [0.15, 0.2) is 0 Å². The lowest BCUT2D eigenvalue weighted by molar-refractivity contribution is 0.407. The second-order valence-electron chi connectivity index (χ2n) is 8.51. The van der Waals surface area contributed by atoms with Crippen LogP contribution < -0.4 is 4.74 Å². The van der Waals surface area contributed by atoms with Gasteiger partial charge < -0.3 is 4.74 Å². The molecule has 182 valence electrons. The summed E-state index contributed by atoms with van der Waals surface area (Å²) in [7, 11) is 1.70. The first kappa shape index (κ1) is 32.6. The van der Waals surface area contributed by atoms with Gasteiger partial charge in [0, 0.05) is 16.4 Å². The van der Waals surface area contributed by atoms with E-state index in [1.54, 1.807) is 7.11 Å². The van der Waals surface area contributed by atoms with E-state index < -0.39 is 0 Å². The van der Waals surface area contributed by atoms with Gasteiger partial charge in [-0.1, -0.05) is 100 Å². The summed E-state index contributed by atoms with van der Waals surface area (Å²) in [4.78, 5) is 4.20. The minimum Gasteiger partial charge on any atom is -0.496 e. The van der Waals surface area contributed by atoms with Crippen LogP contribution in [-0.2, 0) is 6.42 Å². The van der Waals surface area contributed by atoms with E-state index in [1.165, 1.54) is 48.8 Å². The molecule has 0 fully saturated rings. The highest BCUT2D eigenvalue weighted by Crippen LogP contribution is 2.28. The number of pyridine rings is 1. The molecule has 1 aromatic carbocycles. The molecule has 0 N–H and O–H groups in total. The van der Waals surface area contributed by atoms with Crippen molar-refractivity contribution in [2.75, 3.05) is 7.11 Å². The van der Waals surface area contributed by atoms with Gasteiger partial charge in [-0.2, -0.15) is 0 Å². The molecule has 0 radical (unpaired) electrons. The highest BCUT2D eigenvalue weighted by molar-refractivity contribution is 9.10. The molecular formula is C29H48BrNO. The molecule has 1 aromatic heterocycles. The molecule has 1 heterocycles. The zero-order valence-electron chi connectivity index (χ0n) is 22.2. The third-order valence-corrected chi connectivity index (χ3v) is 4.78. The lowest BCUT2D eigenvalue weighted by Gasteiger charge is -2.11. The Morgan fingerprint density at radius 1 is 1.00 bits per heavy atom. The maximum Gasteiger partial charge on any atom is 0.123 e. The molecule has 0 unspecified atom stereocenters. The van der Waals surface area contributed by atoms with Gasteiger partial charge in [0.1, 0.15) is 5.75 Å². The molecule has 0 atom stereocenters. The van der Waals surface area contributed by atoms with Crippen molar-refractivity contribution in [2.45, 2.75) is 99.8 Å². The number of nitrogens with zero attached hydrogens (tertiary/aromatic N) is 1. The van der Waals surface area contributed by atoms with Crippen LogP contribution >= 0.6 is 15.9 Å². The van der Waals surface area contributed by atoms with Gasteiger partial charge in [0.2, 0.25) is 0 Å². The van der Waals surface area contributed by atoms with Gasteiger partial charge in [-0.3, -0.25) is 4.98 Å². The maximum absolute atomic E-state index is 5.26. The third kappa shape index (κ3) is 19.1. The minimum absolute atomic E-state index is 0.507. The first-order valence-corrected chi connectivity index (χ1v) is 12.8. The second kappa shape index (κ2) is 21.2. The van der Waals surface area contributed by atoms with Crippen LogP contribution in [0.3, 0.4) is 0 Å². The van der Waals surface area contributed by atoms with Crippen LogP contribution in [0.1, 0.15) is 103 Å². The Balaban J connectivity index is 0. The van der Waals surface area contributed by atoms with E-state index in [9.17, 15) is 0 Å². The van der Waals surface area contributed by atoms with Crippen LogP contribution in [0.4, 0.5) is 0 Å². The van der Waals surface area contributed by atoms with E-state index in [1.807, 2.05) is 39.1 Å². The minimum atomic E-state index is 0.507.